The molecule has 0 aliphatic carbocycles. The lowest BCUT2D eigenvalue weighted by Gasteiger charge is -2.19. The van der Waals surface area contributed by atoms with Gasteiger partial charge in [0.2, 0.25) is 5.91 Å². The average Bonchev–Trinajstić information content (AvgIpc) is 2.98. The van der Waals surface area contributed by atoms with Crippen LogP contribution in [-0.4, -0.2) is 11.8 Å². The van der Waals surface area contributed by atoms with Crippen molar-refractivity contribution >= 4 is 23.2 Å². The monoisotopic (exact) mass is 329 g/mol. The zero-order valence-corrected chi connectivity index (χ0v) is 14.4. The van der Waals surface area contributed by atoms with E-state index in [4.69, 9.17) is 10.2 Å². The van der Waals surface area contributed by atoms with Gasteiger partial charge in [-0.3, -0.25) is 9.59 Å². The van der Waals surface area contributed by atoms with Gasteiger partial charge in [0.15, 0.2) is 0 Å². The molecule has 0 atom stereocenters. The van der Waals surface area contributed by atoms with Crippen LogP contribution in [0.1, 0.15) is 42.5 Å². The number of furan rings is 1. The summed E-state index contributed by atoms with van der Waals surface area (Å²) in [6.45, 7) is 7.67. The van der Waals surface area contributed by atoms with Crippen LogP contribution in [0.2, 0.25) is 0 Å². The first-order valence-corrected chi connectivity index (χ1v) is 7.71. The third-order valence-corrected chi connectivity index (χ3v) is 3.54. The van der Waals surface area contributed by atoms with Crippen molar-refractivity contribution in [2.45, 2.75) is 34.2 Å². The van der Waals surface area contributed by atoms with Crippen LogP contribution >= 0.6 is 0 Å². The zero-order chi connectivity index (χ0) is 17.9. The molecule has 1 heterocycles. The normalized spacial score (nSPS) is 11.2. The van der Waals surface area contributed by atoms with Crippen molar-refractivity contribution in [3.8, 4) is 0 Å². The summed E-state index contributed by atoms with van der Waals surface area (Å²) in [6.07, 6.45) is 1.37. The highest BCUT2D eigenvalue weighted by Gasteiger charge is 2.22. The molecule has 24 heavy (non-hydrogen) atoms. The highest BCUT2D eigenvalue weighted by Crippen LogP contribution is 2.24. The highest BCUT2D eigenvalue weighted by molar-refractivity contribution is 6.04. The summed E-state index contributed by atoms with van der Waals surface area (Å²) >= 11 is 0. The van der Waals surface area contributed by atoms with Gasteiger partial charge in [-0.25, -0.2) is 0 Å². The summed E-state index contributed by atoms with van der Waals surface area (Å²) in [6, 6.07) is 6.96. The molecule has 1 aromatic heterocycles. The summed E-state index contributed by atoms with van der Waals surface area (Å²) in [5.41, 5.74) is 7.54. The minimum Gasteiger partial charge on any atom is -0.467 e. The second-order valence-electron chi connectivity index (χ2n) is 6.69. The number of hydrogen-bond donors (Lipinski definition) is 3. The lowest BCUT2D eigenvalue weighted by Crippen LogP contribution is -2.28. The maximum atomic E-state index is 12.2. The number of nitrogens with two attached hydrogens (primary N) is 1. The Balaban J connectivity index is 2.15. The van der Waals surface area contributed by atoms with Gasteiger partial charge in [0.1, 0.15) is 12.0 Å². The molecule has 6 heteroatoms. The standard InChI is InChI=1S/C18H23N3O3/c1-11-5-6-13(8-15(11)21-17(23)18(2,3)4)20-16(22)12-7-14(9-19)24-10-12/h5-8,10H,9,19H2,1-4H3,(H,20,22)(H,21,23). The van der Waals surface area contributed by atoms with E-state index in [-0.39, 0.29) is 18.4 Å². The van der Waals surface area contributed by atoms with Crippen LogP contribution in [0, 0.1) is 12.3 Å². The van der Waals surface area contributed by atoms with Crippen LogP contribution in [0.3, 0.4) is 0 Å². The molecule has 0 saturated heterocycles. The molecule has 0 saturated carbocycles. The van der Waals surface area contributed by atoms with E-state index < -0.39 is 5.41 Å². The topological polar surface area (TPSA) is 97.4 Å². The maximum absolute atomic E-state index is 12.2. The number of benzene rings is 1. The lowest BCUT2D eigenvalue weighted by molar-refractivity contribution is -0.123. The van der Waals surface area contributed by atoms with Crippen LogP contribution in [0.5, 0.6) is 0 Å². The fraction of sp³-hybridized carbons (Fsp3) is 0.333. The molecule has 0 radical (unpaired) electrons. The Kier molecular flexibility index (Phi) is 5.09. The van der Waals surface area contributed by atoms with E-state index in [1.807, 2.05) is 33.8 Å². The maximum Gasteiger partial charge on any atom is 0.258 e. The molecule has 4 N–H and O–H groups in total. The first-order valence-electron chi connectivity index (χ1n) is 7.71. The van der Waals surface area contributed by atoms with E-state index in [1.54, 1.807) is 18.2 Å². The third kappa shape index (κ3) is 4.23. The van der Waals surface area contributed by atoms with Gasteiger partial charge in [-0.15, -0.1) is 0 Å². The molecule has 0 aliphatic rings. The fourth-order valence-electron chi connectivity index (χ4n) is 1.95. The molecule has 2 amide bonds. The summed E-state index contributed by atoms with van der Waals surface area (Å²) in [4.78, 5) is 24.4. The van der Waals surface area contributed by atoms with Crippen molar-refractivity contribution < 1.29 is 14.0 Å². The number of carbonyl (C=O) groups excluding carboxylic acids is 2. The van der Waals surface area contributed by atoms with Crippen LogP contribution in [-0.2, 0) is 11.3 Å². The van der Waals surface area contributed by atoms with E-state index in [2.05, 4.69) is 10.6 Å². The van der Waals surface area contributed by atoms with Crippen molar-refractivity contribution in [3.63, 3.8) is 0 Å². The minimum absolute atomic E-state index is 0.0866. The van der Waals surface area contributed by atoms with E-state index in [1.165, 1.54) is 6.26 Å². The van der Waals surface area contributed by atoms with Gasteiger partial charge in [-0.1, -0.05) is 26.8 Å². The van der Waals surface area contributed by atoms with E-state index in [9.17, 15) is 9.59 Å². The Morgan fingerprint density at radius 3 is 2.46 bits per heavy atom. The number of hydrogen-bond acceptors (Lipinski definition) is 4. The minimum atomic E-state index is -0.499. The van der Waals surface area contributed by atoms with E-state index >= 15 is 0 Å². The van der Waals surface area contributed by atoms with Crippen molar-refractivity contribution in [3.05, 3.63) is 47.4 Å². The largest absolute Gasteiger partial charge is 0.467 e. The fourth-order valence-corrected chi connectivity index (χ4v) is 1.95. The molecule has 2 rings (SSSR count). The molecule has 0 fully saturated rings. The molecule has 0 unspecified atom stereocenters. The molecular weight excluding hydrogens is 306 g/mol. The summed E-state index contributed by atoms with van der Waals surface area (Å²) < 4.78 is 5.16. The number of amides is 2. The SMILES string of the molecule is Cc1ccc(NC(=O)c2coc(CN)c2)cc1NC(=O)C(C)(C)C. The molecule has 0 bridgehead atoms. The smallest absolute Gasteiger partial charge is 0.258 e. The van der Waals surface area contributed by atoms with E-state index in [0.717, 1.165) is 5.56 Å². The van der Waals surface area contributed by atoms with Crippen molar-refractivity contribution in [1.82, 2.24) is 0 Å². The van der Waals surface area contributed by atoms with Gasteiger partial charge >= 0.3 is 0 Å². The molecule has 0 aliphatic heterocycles. The van der Waals surface area contributed by atoms with Crippen molar-refractivity contribution in [2.75, 3.05) is 10.6 Å². The molecule has 6 nitrogen and oxygen atoms in total. The van der Waals surface area contributed by atoms with Crippen LogP contribution in [0.25, 0.3) is 0 Å². The summed E-state index contributed by atoms with van der Waals surface area (Å²) in [5.74, 6) is 0.161. The Hall–Kier alpha value is -2.60. The summed E-state index contributed by atoms with van der Waals surface area (Å²) in [7, 11) is 0. The number of nitrogens with one attached hydrogen (secondary N) is 2. The van der Waals surface area contributed by atoms with Crippen LogP contribution in [0.15, 0.2) is 34.9 Å². The number of aryl methyl sites for hydroxylation is 1. The molecular formula is C18H23N3O3. The van der Waals surface area contributed by atoms with Crippen molar-refractivity contribution in [2.24, 2.45) is 11.1 Å². The Labute approximate surface area is 141 Å². The van der Waals surface area contributed by atoms with Gasteiger partial charge in [-0.2, -0.15) is 0 Å². The number of anilines is 2. The summed E-state index contributed by atoms with van der Waals surface area (Å²) in [5, 5.41) is 5.68. The quantitative estimate of drug-likeness (QED) is 0.802. The lowest BCUT2D eigenvalue weighted by atomic mass is 9.95. The second kappa shape index (κ2) is 6.88. The molecule has 1 aromatic carbocycles. The van der Waals surface area contributed by atoms with E-state index in [0.29, 0.717) is 22.7 Å². The number of carbonyl (C=O) groups is 2. The van der Waals surface area contributed by atoms with Gasteiger partial charge < -0.3 is 20.8 Å². The van der Waals surface area contributed by atoms with Gasteiger partial charge in [-0.05, 0) is 30.7 Å². The number of rotatable bonds is 4. The zero-order valence-electron chi connectivity index (χ0n) is 14.4. The first kappa shape index (κ1) is 17.7. The van der Waals surface area contributed by atoms with Crippen molar-refractivity contribution in [1.29, 1.82) is 0 Å². The average molecular weight is 329 g/mol. The molecule has 2 aromatic rings. The van der Waals surface area contributed by atoms with Crippen LogP contribution < -0.4 is 16.4 Å². The van der Waals surface area contributed by atoms with Gasteiger partial charge in [0.05, 0.1) is 12.1 Å². The molecule has 128 valence electrons. The predicted molar refractivity (Wildman–Crippen MR) is 93.8 cm³/mol. The Morgan fingerprint density at radius 2 is 1.88 bits per heavy atom. The van der Waals surface area contributed by atoms with Gasteiger partial charge in [0.25, 0.3) is 5.91 Å². The highest BCUT2D eigenvalue weighted by atomic mass is 16.3. The predicted octanol–water partition coefficient (Wildman–Crippen LogP) is 3.28. The molecule has 0 spiro atoms. The Morgan fingerprint density at radius 1 is 1.17 bits per heavy atom. The first-order chi connectivity index (χ1) is 11.2. The second-order valence-corrected chi connectivity index (χ2v) is 6.69. The van der Waals surface area contributed by atoms with Crippen LogP contribution in [0.4, 0.5) is 11.4 Å². The van der Waals surface area contributed by atoms with Gasteiger partial charge in [0, 0.05) is 16.8 Å². The third-order valence-electron chi connectivity index (χ3n) is 3.54. The Bertz CT molecular complexity index is 757.